The third-order valence-corrected chi connectivity index (χ3v) is 5.59. The number of rotatable bonds is 7. The number of aromatic nitrogens is 2. The number of fused-ring (bicyclic) bond motifs is 1. The lowest BCUT2D eigenvalue weighted by Gasteiger charge is -2.15. The normalized spacial score (nSPS) is 12.8. The summed E-state index contributed by atoms with van der Waals surface area (Å²) in [5, 5.41) is 0. The fraction of sp³-hybridized carbons (Fsp3) is 0.250. The van der Waals surface area contributed by atoms with Gasteiger partial charge >= 0.3 is 0 Å². The van der Waals surface area contributed by atoms with Gasteiger partial charge in [-0.3, -0.25) is 0 Å². The van der Waals surface area contributed by atoms with Crippen LogP contribution >= 0.6 is 0 Å². The van der Waals surface area contributed by atoms with Crippen molar-refractivity contribution in [2.75, 3.05) is 0 Å². The minimum Gasteiger partial charge on any atom is -0.324 e. The molecule has 30 heavy (non-hydrogen) atoms. The van der Waals surface area contributed by atoms with E-state index in [4.69, 9.17) is 4.98 Å². The average molecular weight is 395 g/mol. The van der Waals surface area contributed by atoms with E-state index in [1.165, 1.54) is 22.2 Å². The van der Waals surface area contributed by atoms with Crippen molar-refractivity contribution in [1.29, 1.82) is 0 Å². The van der Waals surface area contributed by atoms with Crippen molar-refractivity contribution in [3.63, 3.8) is 0 Å². The smallest absolute Gasteiger partial charge is 0.117 e. The van der Waals surface area contributed by atoms with Crippen LogP contribution in [-0.4, -0.2) is 9.55 Å². The maximum atomic E-state index is 5.01. The van der Waals surface area contributed by atoms with E-state index in [1.807, 2.05) is 6.07 Å². The van der Waals surface area contributed by atoms with E-state index in [1.54, 1.807) is 0 Å². The summed E-state index contributed by atoms with van der Waals surface area (Å²) in [5.74, 6) is 2.02. The second kappa shape index (κ2) is 9.13. The minimum atomic E-state index is 0.232. The zero-order valence-corrected chi connectivity index (χ0v) is 18.1. The van der Waals surface area contributed by atoms with Gasteiger partial charge < -0.3 is 4.57 Å². The Morgan fingerprint density at radius 2 is 1.53 bits per heavy atom. The molecule has 0 N–H and O–H groups in total. The first-order chi connectivity index (χ1) is 14.6. The summed E-state index contributed by atoms with van der Waals surface area (Å²) in [6.45, 7) is 7.60. The molecule has 152 valence electrons. The van der Waals surface area contributed by atoms with E-state index in [0.29, 0.717) is 5.92 Å². The van der Waals surface area contributed by atoms with Gasteiger partial charge in [0.25, 0.3) is 0 Å². The summed E-state index contributed by atoms with van der Waals surface area (Å²) in [4.78, 5) is 5.01. The van der Waals surface area contributed by atoms with Crippen LogP contribution in [0.4, 0.5) is 0 Å². The van der Waals surface area contributed by atoms with Gasteiger partial charge in [-0.05, 0) is 41.2 Å². The second-order valence-electron chi connectivity index (χ2n) is 8.44. The lowest BCUT2D eigenvalue weighted by Crippen LogP contribution is -2.08. The van der Waals surface area contributed by atoms with Gasteiger partial charge in [0.2, 0.25) is 0 Å². The number of imidazole rings is 1. The first-order valence-corrected chi connectivity index (χ1v) is 10.9. The number of hydrogen-bond donors (Lipinski definition) is 0. The molecular weight excluding hydrogens is 364 g/mol. The zero-order valence-electron chi connectivity index (χ0n) is 18.1. The fourth-order valence-electron chi connectivity index (χ4n) is 4.04. The molecule has 3 aromatic carbocycles. The molecule has 0 aliphatic heterocycles. The van der Waals surface area contributed by atoms with Gasteiger partial charge in [0.1, 0.15) is 5.82 Å². The molecule has 4 aromatic rings. The number of benzene rings is 3. The van der Waals surface area contributed by atoms with Crippen LogP contribution in [-0.2, 0) is 13.0 Å². The van der Waals surface area contributed by atoms with Gasteiger partial charge in [-0.25, -0.2) is 4.98 Å². The molecule has 4 rings (SSSR count). The Balaban J connectivity index is 1.64. The van der Waals surface area contributed by atoms with E-state index >= 15 is 0 Å². The minimum absolute atomic E-state index is 0.232. The monoisotopic (exact) mass is 394 g/mol. The molecule has 0 fully saturated rings. The summed E-state index contributed by atoms with van der Waals surface area (Å²) >= 11 is 0. The lowest BCUT2D eigenvalue weighted by molar-refractivity contribution is 0.646. The highest BCUT2D eigenvalue weighted by Crippen LogP contribution is 2.28. The quantitative estimate of drug-likeness (QED) is 0.327. The third kappa shape index (κ3) is 4.54. The molecule has 0 aliphatic carbocycles. The summed E-state index contributed by atoms with van der Waals surface area (Å²) in [6.07, 6.45) is 5.53. The van der Waals surface area contributed by atoms with Crippen molar-refractivity contribution in [2.45, 2.75) is 39.7 Å². The van der Waals surface area contributed by atoms with Crippen molar-refractivity contribution in [2.24, 2.45) is 5.92 Å². The molecule has 0 aliphatic rings. The molecule has 1 atom stereocenters. The Kier molecular flexibility index (Phi) is 6.13. The fourth-order valence-corrected chi connectivity index (χ4v) is 4.04. The van der Waals surface area contributed by atoms with E-state index < -0.39 is 0 Å². The summed E-state index contributed by atoms with van der Waals surface area (Å²) in [7, 11) is 0. The number of nitrogens with zero attached hydrogens (tertiary/aromatic N) is 2. The van der Waals surface area contributed by atoms with E-state index in [0.717, 1.165) is 24.3 Å². The van der Waals surface area contributed by atoms with Crippen LogP contribution in [0.2, 0.25) is 0 Å². The predicted molar refractivity (Wildman–Crippen MR) is 128 cm³/mol. The van der Waals surface area contributed by atoms with Gasteiger partial charge in [-0.1, -0.05) is 99.7 Å². The number of para-hydroxylation sites is 2. The van der Waals surface area contributed by atoms with E-state index in [9.17, 15) is 0 Å². The van der Waals surface area contributed by atoms with E-state index in [-0.39, 0.29) is 5.92 Å². The van der Waals surface area contributed by atoms with Gasteiger partial charge in [-0.2, -0.15) is 0 Å². The average Bonchev–Trinajstić information content (AvgIpc) is 3.13. The molecule has 0 unspecified atom stereocenters. The van der Waals surface area contributed by atoms with Gasteiger partial charge in [-0.15, -0.1) is 0 Å². The van der Waals surface area contributed by atoms with Crippen LogP contribution in [0, 0.1) is 5.92 Å². The van der Waals surface area contributed by atoms with Crippen molar-refractivity contribution >= 4 is 17.1 Å². The molecule has 1 aromatic heterocycles. The Bertz CT molecular complexity index is 1120. The molecule has 2 heteroatoms. The van der Waals surface area contributed by atoms with Gasteiger partial charge in [0, 0.05) is 12.5 Å². The lowest BCUT2D eigenvalue weighted by atomic mass is 9.96. The van der Waals surface area contributed by atoms with Gasteiger partial charge in [0.05, 0.1) is 11.0 Å². The Morgan fingerprint density at radius 1 is 0.833 bits per heavy atom. The Hall–Kier alpha value is -3.13. The van der Waals surface area contributed by atoms with Crippen molar-refractivity contribution in [3.8, 4) is 0 Å². The molecule has 1 heterocycles. The first kappa shape index (κ1) is 20.2. The molecule has 0 saturated carbocycles. The van der Waals surface area contributed by atoms with Crippen molar-refractivity contribution in [1.82, 2.24) is 9.55 Å². The van der Waals surface area contributed by atoms with Crippen LogP contribution in [0.3, 0.4) is 0 Å². The maximum absolute atomic E-state index is 5.01. The molecule has 0 radical (unpaired) electrons. The maximum Gasteiger partial charge on any atom is 0.117 e. The highest BCUT2D eigenvalue weighted by atomic mass is 15.1. The molecule has 0 amide bonds. The summed E-state index contributed by atoms with van der Waals surface area (Å²) in [5.41, 5.74) is 6.18. The highest BCUT2D eigenvalue weighted by Gasteiger charge is 2.17. The topological polar surface area (TPSA) is 17.8 Å². The SMILES string of the molecule is CC(C)Cc1ccc([C@@H](C)c2nc3ccccc3n2C/C=C/c2ccccc2)cc1. The number of hydrogen-bond acceptors (Lipinski definition) is 1. The van der Waals surface area contributed by atoms with Gasteiger partial charge in [0.15, 0.2) is 0 Å². The molecule has 0 spiro atoms. The second-order valence-corrected chi connectivity index (χ2v) is 8.44. The van der Waals surface area contributed by atoms with Crippen molar-refractivity contribution in [3.05, 3.63) is 107 Å². The highest BCUT2D eigenvalue weighted by molar-refractivity contribution is 5.76. The van der Waals surface area contributed by atoms with E-state index in [2.05, 4.69) is 110 Å². The molecule has 0 bridgehead atoms. The zero-order chi connectivity index (χ0) is 20.9. The van der Waals surface area contributed by atoms with Crippen LogP contribution in [0.5, 0.6) is 0 Å². The molecule has 0 saturated heterocycles. The van der Waals surface area contributed by atoms with Crippen LogP contribution < -0.4 is 0 Å². The molecular formula is C28H30N2. The largest absolute Gasteiger partial charge is 0.324 e. The van der Waals surface area contributed by atoms with Crippen LogP contribution in [0.1, 0.15) is 49.2 Å². The molecule has 2 nitrogen and oxygen atoms in total. The predicted octanol–water partition coefficient (Wildman–Crippen LogP) is 7.10. The standard InChI is InChI=1S/C28H30N2/c1-21(2)20-24-15-17-25(18-16-24)22(3)28-29-26-13-7-8-14-27(26)30(28)19-9-12-23-10-5-4-6-11-23/h4-18,21-22H,19-20H2,1-3H3/b12-9+/t22-/m1/s1. The Labute approximate surface area is 179 Å². The van der Waals surface area contributed by atoms with Crippen LogP contribution in [0.25, 0.3) is 17.1 Å². The first-order valence-electron chi connectivity index (χ1n) is 10.9. The summed E-state index contributed by atoms with van der Waals surface area (Å²) in [6, 6.07) is 28.0. The summed E-state index contributed by atoms with van der Waals surface area (Å²) < 4.78 is 2.35. The Morgan fingerprint density at radius 3 is 2.27 bits per heavy atom. The van der Waals surface area contributed by atoms with Crippen LogP contribution in [0.15, 0.2) is 84.9 Å². The third-order valence-electron chi connectivity index (χ3n) is 5.59. The number of allylic oxidation sites excluding steroid dienone is 1. The van der Waals surface area contributed by atoms with Crippen molar-refractivity contribution < 1.29 is 0 Å².